The molecular weight excluding hydrogens is 348 g/mol. The van der Waals surface area contributed by atoms with E-state index in [0.717, 1.165) is 0 Å². The monoisotopic (exact) mass is 370 g/mol. The maximum atomic E-state index is 12.1. The lowest BCUT2D eigenvalue weighted by Gasteiger charge is -2.13. The van der Waals surface area contributed by atoms with Gasteiger partial charge in [-0.25, -0.2) is 4.79 Å². The molecular formula is C19H22N4O4. The van der Waals surface area contributed by atoms with Crippen molar-refractivity contribution in [3.8, 4) is 5.75 Å². The molecule has 4 amide bonds. The van der Waals surface area contributed by atoms with Crippen LogP contribution in [-0.2, 0) is 4.79 Å². The standard InChI is InChI=1S/C19H22N4O4/c1-13(24)22-15-8-9-17(27-2)16(12-15)23-19(26)21-11-10-20-18(25)14-6-4-3-5-7-14/h3-9,12H,10-11H2,1-2H3,(H,20,25)(H,22,24)(H2,21,23,26). The predicted octanol–water partition coefficient (Wildman–Crippen LogP) is 2.21. The van der Waals surface area contributed by atoms with E-state index in [1.165, 1.54) is 14.0 Å². The maximum Gasteiger partial charge on any atom is 0.319 e. The normalized spacial score (nSPS) is 9.85. The summed E-state index contributed by atoms with van der Waals surface area (Å²) >= 11 is 0. The average molecular weight is 370 g/mol. The van der Waals surface area contributed by atoms with Crippen LogP contribution in [0.3, 0.4) is 0 Å². The van der Waals surface area contributed by atoms with Gasteiger partial charge in [-0.15, -0.1) is 0 Å². The summed E-state index contributed by atoms with van der Waals surface area (Å²) in [4.78, 5) is 35.1. The number of methoxy groups -OCH3 is 1. The van der Waals surface area contributed by atoms with E-state index >= 15 is 0 Å². The minimum absolute atomic E-state index is 0.206. The van der Waals surface area contributed by atoms with Crippen LogP contribution in [0, 0.1) is 0 Å². The molecule has 0 aliphatic carbocycles. The Hall–Kier alpha value is -3.55. The Morgan fingerprint density at radius 2 is 1.63 bits per heavy atom. The summed E-state index contributed by atoms with van der Waals surface area (Å²) in [5, 5.41) is 10.7. The molecule has 0 fully saturated rings. The number of nitrogens with one attached hydrogen (secondary N) is 4. The molecule has 0 saturated carbocycles. The average Bonchev–Trinajstić information content (AvgIpc) is 2.65. The number of benzene rings is 2. The molecule has 0 aliphatic heterocycles. The Morgan fingerprint density at radius 1 is 0.926 bits per heavy atom. The Bertz CT molecular complexity index is 809. The molecule has 0 atom stereocenters. The van der Waals surface area contributed by atoms with Gasteiger partial charge in [0.1, 0.15) is 5.75 Å². The van der Waals surface area contributed by atoms with E-state index in [1.54, 1.807) is 42.5 Å². The van der Waals surface area contributed by atoms with Crippen molar-refractivity contribution < 1.29 is 19.1 Å². The lowest BCUT2D eigenvalue weighted by Crippen LogP contribution is -2.36. The van der Waals surface area contributed by atoms with Crippen molar-refractivity contribution in [1.29, 1.82) is 0 Å². The lowest BCUT2D eigenvalue weighted by molar-refractivity contribution is -0.114. The molecule has 0 aliphatic rings. The summed E-state index contributed by atoms with van der Waals surface area (Å²) in [6.07, 6.45) is 0. The molecule has 27 heavy (non-hydrogen) atoms. The zero-order valence-corrected chi connectivity index (χ0v) is 15.2. The summed E-state index contributed by atoms with van der Waals surface area (Å²) in [5.74, 6) is 0.0313. The lowest BCUT2D eigenvalue weighted by atomic mass is 10.2. The van der Waals surface area contributed by atoms with Crippen molar-refractivity contribution in [2.75, 3.05) is 30.8 Å². The van der Waals surface area contributed by atoms with Gasteiger partial charge in [0.05, 0.1) is 12.8 Å². The Kier molecular flexibility index (Phi) is 7.18. The second-order valence-electron chi connectivity index (χ2n) is 5.60. The van der Waals surface area contributed by atoms with Gasteiger partial charge < -0.3 is 26.0 Å². The summed E-state index contributed by atoms with van der Waals surface area (Å²) in [6.45, 7) is 1.93. The second-order valence-corrected chi connectivity index (χ2v) is 5.60. The molecule has 2 rings (SSSR count). The highest BCUT2D eigenvalue weighted by atomic mass is 16.5. The van der Waals surface area contributed by atoms with Crippen molar-refractivity contribution in [2.24, 2.45) is 0 Å². The number of amides is 4. The van der Waals surface area contributed by atoms with E-state index in [1.807, 2.05) is 6.07 Å². The first-order chi connectivity index (χ1) is 13.0. The SMILES string of the molecule is COc1ccc(NC(C)=O)cc1NC(=O)NCCNC(=O)c1ccccc1. The van der Waals surface area contributed by atoms with Gasteiger partial charge in [-0.1, -0.05) is 18.2 Å². The molecule has 0 spiro atoms. The number of urea groups is 1. The van der Waals surface area contributed by atoms with Crippen LogP contribution in [0.4, 0.5) is 16.2 Å². The molecule has 0 heterocycles. The molecule has 4 N–H and O–H groups in total. The van der Waals surface area contributed by atoms with Crippen LogP contribution < -0.4 is 26.0 Å². The summed E-state index contributed by atoms with van der Waals surface area (Å²) < 4.78 is 5.20. The highest BCUT2D eigenvalue weighted by molar-refractivity contribution is 5.95. The third-order valence-electron chi connectivity index (χ3n) is 3.50. The van der Waals surface area contributed by atoms with Crippen LogP contribution in [0.1, 0.15) is 17.3 Å². The largest absolute Gasteiger partial charge is 0.495 e. The fourth-order valence-electron chi connectivity index (χ4n) is 2.30. The molecule has 0 bridgehead atoms. The number of hydrogen-bond donors (Lipinski definition) is 4. The quantitative estimate of drug-likeness (QED) is 0.560. The van der Waals surface area contributed by atoms with Crippen LogP contribution >= 0.6 is 0 Å². The van der Waals surface area contributed by atoms with Crippen LogP contribution in [0.15, 0.2) is 48.5 Å². The van der Waals surface area contributed by atoms with Gasteiger partial charge in [-0.2, -0.15) is 0 Å². The molecule has 2 aromatic carbocycles. The maximum absolute atomic E-state index is 12.1. The third kappa shape index (κ3) is 6.35. The van der Waals surface area contributed by atoms with Crippen LogP contribution in [-0.4, -0.2) is 38.0 Å². The smallest absolute Gasteiger partial charge is 0.319 e. The number of anilines is 2. The van der Waals surface area contributed by atoms with Crippen molar-refractivity contribution >= 4 is 29.2 Å². The van der Waals surface area contributed by atoms with Gasteiger partial charge >= 0.3 is 6.03 Å². The topological polar surface area (TPSA) is 109 Å². The third-order valence-corrected chi connectivity index (χ3v) is 3.50. The van der Waals surface area contributed by atoms with Gasteiger partial charge in [-0.3, -0.25) is 9.59 Å². The van der Waals surface area contributed by atoms with Gasteiger partial charge in [0.2, 0.25) is 5.91 Å². The van der Waals surface area contributed by atoms with Gasteiger partial charge in [0.25, 0.3) is 5.91 Å². The molecule has 8 heteroatoms. The zero-order chi connectivity index (χ0) is 19.6. The van der Waals surface area contributed by atoms with Crippen LogP contribution in [0.2, 0.25) is 0 Å². The van der Waals surface area contributed by atoms with Crippen LogP contribution in [0.5, 0.6) is 5.75 Å². The zero-order valence-electron chi connectivity index (χ0n) is 15.2. The molecule has 0 saturated heterocycles. The fourth-order valence-corrected chi connectivity index (χ4v) is 2.30. The Labute approximate surface area is 157 Å². The predicted molar refractivity (Wildman–Crippen MR) is 103 cm³/mol. The van der Waals surface area contributed by atoms with Gasteiger partial charge in [-0.05, 0) is 30.3 Å². The molecule has 2 aromatic rings. The first-order valence-electron chi connectivity index (χ1n) is 8.33. The highest BCUT2D eigenvalue weighted by Gasteiger charge is 2.09. The number of ether oxygens (including phenoxy) is 1. The highest BCUT2D eigenvalue weighted by Crippen LogP contribution is 2.27. The molecule has 142 valence electrons. The van der Waals surface area contributed by atoms with Gasteiger partial charge in [0.15, 0.2) is 0 Å². The van der Waals surface area contributed by atoms with Crippen molar-refractivity contribution in [3.05, 3.63) is 54.1 Å². The molecule has 0 radical (unpaired) electrons. The van der Waals surface area contributed by atoms with E-state index in [4.69, 9.17) is 4.74 Å². The second kappa shape index (κ2) is 9.81. The molecule has 0 unspecified atom stereocenters. The first-order valence-corrected chi connectivity index (χ1v) is 8.33. The van der Waals surface area contributed by atoms with E-state index in [2.05, 4.69) is 21.3 Å². The first kappa shape index (κ1) is 19.8. The van der Waals surface area contributed by atoms with Crippen LogP contribution in [0.25, 0.3) is 0 Å². The fraction of sp³-hybridized carbons (Fsp3) is 0.211. The van der Waals surface area contributed by atoms with E-state index in [0.29, 0.717) is 22.7 Å². The Balaban J connectivity index is 1.83. The number of carbonyl (C=O) groups excluding carboxylic acids is 3. The summed E-state index contributed by atoms with van der Waals surface area (Å²) in [7, 11) is 1.48. The number of hydrogen-bond acceptors (Lipinski definition) is 4. The molecule has 8 nitrogen and oxygen atoms in total. The van der Waals surface area contributed by atoms with Gasteiger partial charge in [0, 0.05) is 31.3 Å². The number of carbonyl (C=O) groups is 3. The minimum Gasteiger partial charge on any atom is -0.495 e. The minimum atomic E-state index is -0.456. The molecule has 0 aromatic heterocycles. The van der Waals surface area contributed by atoms with Crippen molar-refractivity contribution in [2.45, 2.75) is 6.92 Å². The van der Waals surface area contributed by atoms with E-state index < -0.39 is 6.03 Å². The summed E-state index contributed by atoms with van der Waals surface area (Å²) in [5.41, 5.74) is 1.50. The number of rotatable bonds is 7. The van der Waals surface area contributed by atoms with Crippen molar-refractivity contribution in [3.63, 3.8) is 0 Å². The Morgan fingerprint density at radius 3 is 2.30 bits per heavy atom. The van der Waals surface area contributed by atoms with E-state index in [9.17, 15) is 14.4 Å². The summed E-state index contributed by atoms with van der Waals surface area (Å²) in [6, 6.07) is 13.3. The van der Waals surface area contributed by atoms with Crippen molar-refractivity contribution in [1.82, 2.24) is 10.6 Å². The van der Waals surface area contributed by atoms with E-state index in [-0.39, 0.29) is 24.9 Å².